The number of amides is 2. The summed E-state index contributed by atoms with van der Waals surface area (Å²) in [6, 6.07) is 11.9. The van der Waals surface area contributed by atoms with Crippen molar-refractivity contribution in [2.24, 2.45) is 0 Å². The van der Waals surface area contributed by atoms with E-state index in [0.29, 0.717) is 29.6 Å². The monoisotopic (exact) mass is 385 g/mol. The average molecular weight is 386 g/mol. The minimum absolute atomic E-state index is 0.0393. The summed E-state index contributed by atoms with van der Waals surface area (Å²) in [7, 11) is 0. The van der Waals surface area contributed by atoms with E-state index in [1.54, 1.807) is 0 Å². The predicted octanol–water partition coefficient (Wildman–Crippen LogP) is 3.43. The minimum atomic E-state index is -0.0488. The molecule has 1 atom stereocenters. The van der Waals surface area contributed by atoms with Gasteiger partial charge in [0.2, 0.25) is 0 Å². The largest absolute Gasteiger partial charge is 0.352 e. The zero-order valence-electron chi connectivity index (χ0n) is 15.7. The van der Waals surface area contributed by atoms with Crippen LogP contribution in [0.5, 0.6) is 0 Å². The van der Waals surface area contributed by atoms with Crippen LogP contribution in [0.2, 0.25) is 0 Å². The highest BCUT2D eigenvalue weighted by atomic mass is 32.1. The highest BCUT2D eigenvalue weighted by Crippen LogP contribution is 2.28. The number of thiophene rings is 1. The number of hydrogen-bond acceptors (Lipinski definition) is 4. The van der Waals surface area contributed by atoms with Gasteiger partial charge in [-0.2, -0.15) is 0 Å². The number of hydrogen-bond donors (Lipinski definition) is 3. The van der Waals surface area contributed by atoms with Crippen LogP contribution >= 0.6 is 11.3 Å². The van der Waals surface area contributed by atoms with Crippen LogP contribution in [0.25, 0.3) is 10.4 Å². The maximum absolute atomic E-state index is 12.4. The fourth-order valence-electron chi connectivity index (χ4n) is 3.22. The van der Waals surface area contributed by atoms with E-state index in [2.05, 4.69) is 16.0 Å². The SMILES string of the molecule is CCCNC(=O)c1ccc(-c2cccc(C(=O)NCCC3CCCN3)c2)s1. The molecule has 1 aliphatic rings. The molecule has 0 spiro atoms. The predicted molar refractivity (Wildman–Crippen MR) is 110 cm³/mol. The molecule has 27 heavy (non-hydrogen) atoms. The van der Waals surface area contributed by atoms with Gasteiger partial charge in [-0.15, -0.1) is 11.3 Å². The molecule has 0 bridgehead atoms. The van der Waals surface area contributed by atoms with Gasteiger partial charge in [0, 0.05) is 29.6 Å². The van der Waals surface area contributed by atoms with Crippen LogP contribution in [0.4, 0.5) is 0 Å². The van der Waals surface area contributed by atoms with E-state index < -0.39 is 0 Å². The summed E-state index contributed by atoms with van der Waals surface area (Å²) in [6.45, 7) is 4.47. The third-order valence-electron chi connectivity index (χ3n) is 4.72. The Morgan fingerprint density at radius 3 is 2.78 bits per heavy atom. The number of nitrogens with one attached hydrogen (secondary N) is 3. The Morgan fingerprint density at radius 1 is 1.15 bits per heavy atom. The molecular formula is C21H27N3O2S. The van der Waals surface area contributed by atoms with Crippen molar-refractivity contribution in [1.29, 1.82) is 0 Å². The van der Waals surface area contributed by atoms with Crippen LogP contribution in [0, 0.1) is 0 Å². The van der Waals surface area contributed by atoms with Crippen molar-refractivity contribution in [1.82, 2.24) is 16.0 Å². The number of benzene rings is 1. The minimum Gasteiger partial charge on any atom is -0.352 e. The Balaban J connectivity index is 1.60. The first-order chi connectivity index (χ1) is 13.2. The highest BCUT2D eigenvalue weighted by Gasteiger charge is 2.15. The summed E-state index contributed by atoms with van der Waals surface area (Å²) in [4.78, 5) is 26.2. The summed E-state index contributed by atoms with van der Waals surface area (Å²) in [6.07, 6.45) is 4.29. The second-order valence-electron chi connectivity index (χ2n) is 6.84. The first-order valence-corrected chi connectivity index (χ1v) is 10.5. The van der Waals surface area contributed by atoms with Gasteiger partial charge in [0.05, 0.1) is 4.88 Å². The molecule has 1 aromatic carbocycles. The Labute approximate surface area is 164 Å². The summed E-state index contributed by atoms with van der Waals surface area (Å²) < 4.78 is 0. The first-order valence-electron chi connectivity index (χ1n) is 9.67. The van der Waals surface area contributed by atoms with E-state index in [0.717, 1.165) is 29.8 Å². The topological polar surface area (TPSA) is 70.2 Å². The van der Waals surface area contributed by atoms with Crippen LogP contribution in [-0.2, 0) is 0 Å². The molecular weight excluding hydrogens is 358 g/mol. The standard InChI is InChI=1S/C21H27N3O2S/c1-2-11-23-21(26)19-9-8-18(27-19)15-5-3-6-16(14-15)20(25)24-13-10-17-7-4-12-22-17/h3,5-6,8-9,14,17,22H,2,4,7,10-13H2,1H3,(H,23,26)(H,24,25). The van der Waals surface area contributed by atoms with Gasteiger partial charge >= 0.3 is 0 Å². The maximum Gasteiger partial charge on any atom is 0.261 e. The zero-order valence-corrected chi connectivity index (χ0v) is 16.5. The van der Waals surface area contributed by atoms with Crippen molar-refractivity contribution >= 4 is 23.2 Å². The van der Waals surface area contributed by atoms with Gasteiger partial charge in [-0.25, -0.2) is 0 Å². The summed E-state index contributed by atoms with van der Waals surface area (Å²) >= 11 is 1.45. The van der Waals surface area contributed by atoms with Crippen molar-refractivity contribution in [2.75, 3.05) is 19.6 Å². The molecule has 1 saturated heterocycles. The van der Waals surface area contributed by atoms with Gasteiger partial charge in [0.25, 0.3) is 11.8 Å². The molecule has 3 N–H and O–H groups in total. The maximum atomic E-state index is 12.4. The molecule has 144 valence electrons. The van der Waals surface area contributed by atoms with Crippen molar-refractivity contribution in [3.8, 4) is 10.4 Å². The van der Waals surface area contributed by atoms with Crippen LogP contribution in [0.15, 0.2) is 36.4 Å². The molecule has 2 aromatic rings. The lowest BCUT2D eigenvalue weighted by molar-refractivity contribution is 0.0946. The van der Waals surface area contributed by atoms with E-state index in [9.17, 15) is 9.59 Å². The lowest BCUT2D eigenvalue weighted by Gasteiger charge is -2.11. The van der Waals surface area contributed by atoms with Crippen molar-refractivity contribution in [2.45, 2.75) is 38.6 Å². The molecule has 0 radical (unpaired) electrons. The Hall–Kier alpha value is -2.18. The zero-order chi connectivity index (χ0) is 19.1. The second-order valence-corrected chi connectivity index (χ2v) is 7.92. The van der Waals surface area contributed by atoms with Gasteiger partial charge < -0.3 is 16.0 Å². The van der Waals surface area contributed by atoms with Crippen molar-refractivity contribution in [3.05, 3.63) is 46.8 Å². The number of rotatable bonds is 8. The van der Waals surface area contributed by atoms with E-state index in [-0.39, 0.29) is 11.8 Å². The van der Waals surface area contributed by atoms with Gasteiger partial charge in [-0.3, -0.25) is 9.59 Å². The Morgan fingerprint density at radius 2 is 2.00 bits per heavy atom. The van der Waals surface area contributed by atoms with Gasteiger partial charge in [0.1, 0.15) is 0 Å². The molecule has 5 nitrogen and oxygen atoms in total. The smallest absolute Gasteiger partial charge is 0.261 e. The summed E-state index contributed by atoms with van der Waals surface area (Å²) in [5.74, 6) is -0.0881. The fourth-order valence-corrected chi connectivity index (χ4v) is 4.14. The molecule has 1 aliphatic heterocycles. The van der Waals surface area contributed by atoms with Gasteiger partial charge in [-0.05, 0) is 62.1 Å². The van der Waals surface area contributed by atoms with E-state index >= 15 is 0 Å². The summed E-state index contributed by atoms with van der Waals surface area (Å²) in [5, 5.41) is 9.35. The van der Waals surface area contributed by atoms with Crippen LogP contribution < -0.4 is 16.0 Å². The van der Waals surface area contributed by atoms with Gasteiger partial charge in [-0.1, -0.05) is 19.1 Å². The van der Waals surface area contributed by atoms with Gasteiger partial charge in [0.15, 0.2) is 0 Å². The lowest BCUT2D eigenvalue weighted by Crippen LogP contribution is -2.30. The first kappa shape index (κ1) is 19.6. The molecule has 6 heteroatoms. The van der Waals surface area contributed by atoms with Crippen LogP contribution in [-0.4, -0.2) is 37.5 Å². The van der Waals surface area contributed by atoms with Crippen molar-refractivity contribution < 1.29 is 9.59 Å². The molecule has 1 fully saturated rings. The fraction of sp³-hybridized carbons (Fsp3) is 0.429. The molecule has 1 aromatic heterocycles. The van der Waals surface area contributed by atoms with E-state index in [1.807, 2.05) is 43.3 Å². The molecule has 1 unspecified atom stereocenters. The Kier molecular flexibility index (Phi) is 7.01. The molecule has 0 aliphatic carbocycles. The van der Waals surface area contributed by atoms with E-state index in [4.69, 9.17) is 0 Å². The molecule has 3 rings (SSSR count). The highest BCUT2D eigenvalue weighted by molar-refractivity contribution is 7.17. The van der Waals surface area contributed by atoms with Crippen LogP contribution in [0.3, 0.4) is 0 Å². The lowest BCUT2D eigenvalue weighted by atomic mass is 10.1. The summed E-state index contributed by atoms with van der Waals surface area (Å²) in [5.41, 5.74) is 1.61. The van der Waals surface area contributed by atoms with Crippen LogP contribution in [0.1, 0.15) is 52.6 Å². The van der Waals surface area contributed by atoms with Crippen molar-refractivity contribution in [3.63, 3.8) is 0 Å². The second kappa shape index (κ2) is 9.67. The third kappa shape index (κ3) is 5.40. The number of carbonyl (C=O) groups excluding carboxylic acids is 2. The molecule has 2 amide bonds. The molecule has 2 heterocycles. The Bertz CT molecular complexity index is 781. The third-order valence-corrected chi connectivity index (χ3v) is 5.85. The number of carbonyl (C=O) groups is 2. The normalized spacial score (nSPS) is 16.3. The molecule has 0 saturated carbocycles. The quantitative estimate of drug-likeness (QED) is 0.652. The van der Waals surface area contributed by atoms with E-state index in [1.165, 1.54) is 24.2 Å². The average Bonchev–Trinajstić information content (AvgIpc) is 3.38.